The molecule has 0 spiro atoms. The van der Waals surface area contributed by atoms with Gasteiger partial charge in [-0.2, -0.15) is 0 Å². The summed E-state index contributed by atoms with van der Waals surface area (Å²) in [4.78, 5) is 10.9. The predicted octanol–water partition coefficient (Wildman–Crippen LogP) is -0.723. The van der Waals surface area contributed by atoms with Crippen LogP contribution in [0.15, 0.2) is 0 Å². The normalized spacial score (nSPS) is 36.9. The molecule has 4 heteroatoms. The molecule has 2 unspecified atom stereocenters. The zero-order valence-corrected chi connectivity index (χ0v) is 6.39. The highest BCUT2D eigenvalue weighted by Gasteiger charge is 2.29. The van der Waals surface area contributed by atoms with Crippen LogP contribution in [0.3, 0.4) is 0 Å². The molecule has 2 fully saturated rings. The van der Waals surface area contributed by atoms with E-state index in [4.69, 9.17) is 0 Å². The minimum Gasteiger partial charge on any atom is -0.338 e. The Hall–Kier alpha value is -0.770. The summed E-state index contributed by atoms with van der Waals surface area (Å²) in [6.07, 6.45) is 1.16. The summed E-state index contributed by atoms with van der Waals surface area (Å²) in [5.41, 5.74) is 0. The average molecular weight is 155 g/mol. The lowest BCUT2D eigenvalue weighted by molar-refractivity contribution is 0.199. The molecule has 0 aromatic heterocycles. The van der Waals surface area contributed by atoms with Gasteiger partial charge in [0.25, 0.3) is 0 Å². The Morgan fingerprint density at radius 1 is 1.36 bits per heavy atom. The van der Waals surface area contributed by atoms with Gasteiger partial charge in [0.05, 0.1) is 0 Å². The second-order valence-electron chi connectivity index (χ2n) is 3.21. The first-order chi connectivity index (χ1) is 5.36. The minimum absolute atomic E-state index is 0.0186. The Labute approximate surface area is 65.7 Å². The van der Waals surface area contributed by atoms with Gasteiger partial charge in [-0.1, -0.05) is 0 Å². The fourth-order valence-electron chi connectivity index (χ4n) is 1.77. The van der Waals surface area contributed by atoms with Crippen molar-refractivity contribution < 1.29 is 4.79 Å². The largest absolute Gasteiger partial charge is 0.338 e. The molecule has 0 aromatic carbocycles. The van der Waals surface area contributed by atoms with Crippen LogP contribution in [0.5, 0.6) is 0 Å². The molecular formula is C7H13N3O. The monoisotopic (exact) mass is 155 g/mol. The number of rotatable bonds is 0. The molecule has 2 aliphatic rings. The highest BCUT2D eigenvalue weighted by Crippen LogP contribution is 2.13. The van der Waals surface area contributed by atoms with Gasteiger partial charge < -0.3 is 16.0 Å². The van der Waals surface area contributed by atoms with E-state index in [9.17, 15) is 4.79 Å². The summed E-state index contributed by atoms with van der Waals surface area (Å²) >= 11 is 0. The highest BCUT2D eigenvalue weighted by molar-refractivity contribution is 5.75. The third-order valence-electron chi connectivity index (χ3n) is 2.47. The minimum atomic E-state index is -0.0186. The summed E-state index contributed by atoms with van der Waals surface area (Å²) in [6.45, 7) is 2.86. The second kappa shape index (κ2) is 2.70. The molecule has 2 atom stereocenters. The fraction of sp³-hybridized carbons (Fsp3) is 0.857. The maximum atomic E-state index is 10.9. The van der Waals surface area contributed by atoms with Crippen LogP contribution in [0.4, 0.5) is 4.79 Å². The highest BCUT2D eigenvalue weighted by atomic mass is 16.2. The van der Waals surface area contributed by atoms with Crippen LogP contribution in [0.2, 0.25) is 0 Å². The Bertz CT molecular complexity index is 171. The van der Waals surface area contributed by atoms with Crippen LogP contribution in [-0.4, -0.2) is 31.7 Å². The summed E-state index contributed by atoms with van der Waals surface area (Å²) in [5, 5.41) is 8.97. The maximum Gasteiger partial charge on any atom is 0.315 e. The van der Waals surface area contributed by atoms with Gasteiger partial charge in [-0.05, 0) is 18.9 Å². The van der Waals surface area contributed by atoms with Crippen LogP contribution in [0.1, 0.15) is 6.42 Å². The van der Waals surface area contributed by atoms with Crippen molar-refractivity contribution in [1.29, 1.82) is 0 Å². The van der Waals surface area contributed by atoms with Crippen LogP contribution in [-0.2, 0) is 0 Å². The molecule has 4 nitrogen and oxygen atoms in total. The third kappa shape index (κ3) is 1.30. The van der Waals surface area contributed by atoms with E-state index >= 15 is 0 Å². The van der Waals surface area contributed by atoms with Crippen molar-refractivity contribution in [2.45, 2.75) is 12.5 Å². The van der Waals surface area contributed by atoms with Crippen LogP contribution >= 0.6 is 0 Å². The number of carbonyl (C=O) groups excluding carboxylic acids is 1. The smallest absolute Gasteiger partial charge is 0.315 e. The van der Waals surface area contributed by atoms with Gasteiger partial charge in [0.15, 0.2) is 0 Å². The number of piperidine rings is 1. The molecule has 0 aromatic rings. The summed E-state index contributed by atoms with van der Waals surface area (Å²) in [7, 11) is 0. The zero-order chi connectivity index (χ0) is 7.68. The van der Waals surface area contributed by atoms with Crippen LogP contribution in [0, 0.1) is 5.92 Å². The van der Waals surface area contributed by atoms with E-state index in [-0.39, 0.29) is 6.03 Å². The quantitative estimate of drug-likeness (QED) is 0.432. The lowest BCUT2D eigenvalue weighted by atomic mass is 9.91. The Morgan fingerprint density at radius 3 is 3.18 bits per heavy atom. The van der Waals surface area contributed by atoms with E-state index in [1.165, 1.54) is 0 Å². The lowest BCUT2D eigenvalue weighted by Gasteiger charge is -2.36. The molecule has 11 heavy (non-hydrogen) atoms. The van der Waals surface area contributed by atoms with Crippen molar-refractivity contribution in [2.75, 3.05) is 19.6 Å². The van der Waals surface area contributed by atoms with Gasteiger partial charge in [0.2, 0.25) is 0 Å². The zero-order valence-electron chi connectivity index (χ0n) is 6.39. The Kier molecular flexibility index (Phi) is 1.69. The Balaban J connectivity index is 1.98. The first-order valence-electron chi connectivity index (χ1n) is 4.11. The van der Waals surface area contributed by atoms with E-state index < -0.39 is 0 Å². The number of amides is 2. The standard InChI is InChI=1S/C7H13N3O/c11-7-9-3-5-1-2-8-4-6(5)10-7/h5-6,8H,1-4H2,(H2,9,10,11). The molecule has 2 aliphatic heterocycles. The maximum absolute atomic E-state index is 10.9. The Morgan fingerprint density at radius 2 is 2.27 bits per heavy atom. The number of urea groups is 1. The molecule has 0 saturated carbocycles. The van der Waals surface area contributed by atoms with Crippen LogP contribution < -0.4 is 16.0 Å². The van der Waals surface area contributed by atoms with E-state index in [1.807, 2.05) is 0 Å². The van der Waals surface area contributed by atoms with E-state index in [2.05, 4.69) is 16.0 Å². The first-order valence-corrected chi connectivity index (χ1v) is 4.11. The molecule has 0 bridgehead atoms. The van der Waals surface area contributed by atoms with Crippen molar-refractivity contribution in [3.05, 3.63) is 0 Å². The number of hydrogen-bond acceptors (Lipinski definition) is 2. The SMILES string of the molecule is O=C1NCC2CCNCC2N1. The van der Waals surface area contributed by atoms with Crippen molar-refractivity contribution in [3.8, 4) is 0 Å². The van der Waals surface area contributed by atoms with Gasteiger partial charge in [0, 0.05) is 19.1 Å². The summed E-state index contributed by atoms with van der Waals surface area (Å²) in [5.74, 6) is 0.633. The molecule has 2 amide bonds. The van der Waals surface area contributed by atoms with Gasteiger partial charge in [-0.3, -0.25) is 0 Å². The van der Waals surface area contributed by atoms with E-state index in [1.54, 1.807) is 0 Å². The molecule has 0 radical (unpaired) electrons. The lowest BCUT2D eigenvalue weighted by Crippen LogP contribution is -2.60. The second-order valence-corrected chi connectivity index (χ2v) is 3.21. The average Bonchev–Trinajstić information content (AvgIpc) is 2.04. The summed E-state index contributed by atoms with van der Waals surface area (Å²) in [6, 6.07) is 0.340. The van der Waals surface area contributed by atoms with Gasteiger partial charge in [0.1, 0.15) is 0 Å². The number of fused-ring (bicyclic) bond motifs is 1. The molecule has 0 aliphatic carbocycles. The molecular weight excluding hydrogens is 142 g/mol. The number of nitrogens with one attached hydrogen (secondary N) is 3. The fourth-order valence-corrected chi connectivity index (χ4v) is 1.77. The van der Waals surface area contributed by atoms with Gasteiger partial charge >= 0.3 is 6.03 Å². The molecule has 2 rings (SSSR count). The van der Waals surface area contributed by atoms with E-state index in [0.717, 1.165) is 26.1 Å². The van der Waals surface area contributed by atoms with E-state index in [0.29, 0.717) is 12.0 Å². The van der Waals surface area contributed by atoms with Crippen molar-refractivity contribution in [2.24, 2.45) is 5.92 Å². The number of carbonyl (C=O) groups is 1. The number of hydrogen-bond donors (Lipinski definition) is 3. The van der Waals surface area contributed by atoms with Crippen molar-refractivity contribution in [3.63, 3.8) is 0 Å². The summed E-state index contributed by atoms with van der Waals surface area (Å²) < 4.78 is 0. The molecule has 2 heterocycles. The van der Waals surface area contributed by atoms with Crippen molar-refractivity contribution in [1.82, 2.24) is 16.0 Å². The third-order valence-corrected chi connectivity index (χ3v) is 2.47. The van der Waals surface area contributed by atoms with Gasteiger partial charge in [-0.15, -0.1) is 0 Å². The molecule has 2 saturated heterocycles. The van der Waals surface area contributed by atoms with Crippen LogP contribution in [0.25, 0.3) is 0 Å². The van der Waals surface area contributed by atoms with Crippen molar-refractivity contribution >= 4 is 6.03 Å². The predicted molar refractivity (Wildman–Crippen MR) is 41.3 cm³/mol. The molecule has 62 valence electrons. The van der Waals surface area contributed by atoms with Gasteiger partial charge in [-0.25, -0.2) is 4.79 Å². The topological polar surface area (TPSA) is 53.2 Å². The molecule has 3 N–H and O–H groups in total. The first kappa shape index (κ1) is 6.91.